The summed E-state index contributed by atoms with van der Waals surface area (Å²) in [6, 6.07) is -1.15. The Bertz CT molecular complexity index is 1050. The summed E-state index contributed by atoms with van der Waals surface area (Å²) in [6.07, 6.45) is 13.0. The molecule has 1 amide bonds. The lowest BCUT2D eigenvalue weighted by Gasteiger charge is -2.41. The van der Waals surface area contributed by atoms with E-state index in [4.69, 9.17) is 14.0 Å². The molecule has 0 aromatic carbocycles. The number of nitrogens with one attached hydrogen (secondary N) is 1. The number of unbranched alkanes of at least 4 members (excludes halogenated alkanes) is 6. The Kier molecular flexibility index (Phi) is 22.1. The topological polar surface area (TPSA) is 212 Å². The van der Waals surface area contributed by atoms with Crippen molar-refractivity contribution in [1.82, 2.24) is 5.32 Å². The lowest BCUT2D eigenvalue weighted by atomic mass is 9.99. The summed E-state index contributed by atoms with van der Waals surface area (Å²) in [5.74, 6) is -0.761. The van der Waals surface area contributed by atoms with Crippen molar-refractivity contribution in [3.63, 3.8) is 0 Å². The molecule has 7 N–H and O–H groups in total. The minimum atomic E-state index is -5.11. The fourth-order valence-electron chi connectivity index (χ4n) is 4.61. The summed E-state index contributed by atoms with van der Waals surface area (Å²) in [5, 5.41) is 54.3. The lowest BCUT2D eigenvalue weighted by molar-refractivity contribution is -0.298. The number of ether oxygens (including phenoxy) is 2. The summed E-state index contributed by atoms with van der Waals surface area (Å²) < 4.78 is 46.9. The molecule has 1 aliphatic rings. The zero-order valence-corrected chi connectivity index (χ0v) is 27.8. The van der Waals surface area contributed by atoms with Crippen molar-refractivity contribution >= 4 is 16.3 Å². The maximum absolute atomic E-state index is 12.8. The van der Waals surface area contributed by atoms with Gasteiger partial charge in [-0.3, -0.25) is 9.35 Å². The first-order chi connectivity index (χ1) is 21.9. The third kappa shape index (κ3) is 17.8. The van der Waals surface area contributed by atoms with Crippen LogP contribution in [-0.4, -0.2) is 107 Å². The normalized spacial score (nSPS) is 24.7. The molecule has 0 spiro atoms. The Morgan fingerprint density at radius 2 is 1.54 bits per heavy atom. The highest BCUT2D eigenvalue weighted by molar-refractivity contribution is 7.80. The maximum atomic E-state index is 12.8. The minimum absolute atomic E-state index is 0.145. The molecule has 1 fully saturated rings. The largest absolute Gasteiger partial charge is 0.397 e. The molecule has 1 rings (SSSR count). The first kappa shape index (κ1) is 42.0. The Hall–Kier alpha value is -1.98. The molecule has 0 aromatic heterocycles. The predicted molar refractivity (Wildman–Crippen MR) is 173 cm³/mol. The molecule has 0 aromatic rings. The molecule has 0 radical (unpaired) electrons. The highest BCUT2D eigenvalue weighted by Crippen LogP contribution is 2.25. The van der Waals surface area contributed by atoms with Crippen LogP contribution >= 0.6 is 0 Å². The second-order valence-electron chi connectivity index (χ2n) is 11.2. The molecule has 0 saturated carbocycles. The standard InChI is InChI=1S/C32H55NO12S/c1-3-5-7-9-11-13-15-16-18-20-25(35)24(33-31(39)26(36)21-19-17-14-12-10-8-6-4-2)23-43-32-29(38)30(45-46(40,41)42)28(37)27(22-34)44-32/h3,5,11,13-14,17-18,20,24-30,32,34-38H,4,6-10,12,15-16,19,21-23H2,1-2H3,(H,33,39)(H,40,41,42)/b5-3+,13-11+,17-14-,20-18+. The number of hydrogen-bond acceptors (Lipinski definition) is 11. The van der Waals surface area contributed by atoms with Crippen LogP contribution in [0.5, 0.6) is 0 Å². The molecule has 14 heteroatoms. The first-order valence-corrected chi connectivity index (χ1v) is 17.5. The Labute approximate surface area is 273 Å². The van der Waals surface area contributed by atoms with Crippen LogP contribution in [0.4, 0.5) is 0 Å². The summed E-state index contributed by atoms with van der Waals surface area (Å²) in [5.41, 5.74) is 0. The van der Waals surface area contributed by atoms with Crippen LogP contribution in [0.15, 0.2) is 48.6 Å². The van der Waals surface area contributed by atoms with E-state index in [1.54, 1.807) is 6.08 Å². The van der Waals surface area contributed by atoms with Gasteiger partial charge in [-0.15, -0.1) is 0 Å². The van der Waals surface area contributed by atoms with Crippen LogP contribution in [0, 0.1) is 0 Å². The van der Waals surface area contributed by atoms with Gasteiger partial charge in [0, 0.05) is 0 Å². The SMILES string of the molecule is C/C=C/CC/C=C/CC/C=C/C(O)C(COC1OC(CO)C(O)C(OS(=O)(=O)O)C1O)NC(=O)C(O)CC/C=C\CCCCCC. The predicted octanol–water partition coefficient (Wildman–Crippen LogP) is 2.39. The van der Waals surface area contributed by atoms with Gasteiger partial charge in [0.1, 0.15) is 30.5 Å². The number of allylic oxidation sites excluding steroid dienone is 7. The van der Waals surface area contributed by atoms with E-state index in [2.05, 4.69) is 28.6 Å². The molecule has 8 atom stereocenters. The van der Waals surface area contributed by atoms with Crippen LogP contribution in [0.1, 0.15) is 84.5 Å². The highest BCUT2D eigenvalue weighted by atomic mass is 32.3. The van der Waals surface area contributed by atoms with E-state index in [0.717, 1.165) is 44.9 Å². The van der Waals surface area contributed by atoms with Crippen LogP contribution in [-0.2, 0) is 28.9 Å². The van der Waals surface area contributed by atoms with Crippen molar-refractivity contribution in [1.29, 1.82) is 0 Å². The number of hydrogen-bond donors (Lipinski definition) is 7. The zero-order chi connectivity index (χ0) is 34.4. The molecular formula is C32H55NO12S. The van der Waals surface area contributed by atoms with E-state index < -0.39 is 78.5 Å². The van der Waals surface area contributed by atoms with Crippen LogP contribution in [0.25, 0.3) is 0 Å². The Morgan fingerprint density at radius 1 is 0.913 bits per heavy atom. The van der Waals surface area contributed by atoms with Crippen molar-refractivity contribution in [2.45, 2.75) is 133 Å². The van der Waals surface area contributed by atoms with Crippen molar-refractivity contribution in [2.75, 3.05) is 13.2 Å². The van der Waals surface area contributed by atoms with Gasteiger partial charge >= 0.3 is 10.4 Å². The number of carbonyl (C=O) groups is 1. The van der Waals surface area contributed by atoms with Crippen molar-refractivity contribution in [3.8, 4) is 0 Å². The average molecular weight is 678 g/mol. The lowest BCUT2D eigenvalue weighted by Crippen LogP contribution is -2.61. The molecular weight excluding hydrogens is 622 g/mol. The Balaban J connectivity index is 2.89. The smallest absolute Gasteiger partial charge is 0.394 e. The number of rotatable bonds is 24. The van der Waals surface area contributed by atoms with Crippen LogP contribution in [0.3, 0.4) is 0 Å². The van der Waals surface area contributed by atoms with Crippen molar-refractivity contribution in [3.05, 3.63) is 48.6 Å². The fourth-order valence-corrected chi connectivity index (χ4v) is 5.12. The van der Waals surface area contributed by atoms with E-state index in [1.165, 1.54) is 12.5 Å². The molecule has 8 unspecified atom stereocenters. The molecule has 0 aliphatic carbocycles. The second kappa shape index (κ2) is 24.2. The van der Waals surface area contributed by atoms with E-state index in [0.29, 0.717) is 12.8 Å². The van der Waals surface area contributed by atoms with Gasteiger partial charge in [0.05, 0.1) is 25.4 Å². The van der Waals surface area contributed by atoms with E-state index in [-0.39, 0.29) is 6.42 Å². The minimum Gasteiger partial charge on any atom is -0.394 e. The monoisotopic (exact) mass is 677 g/mol. The molecule has 266 valence electrons. The van der Waals surface area contributed by atoms with Gasteiger partial charge in [0.15, 0.2) is 6.29 Å². The van der Waals surface area contributed by atoms with Gasteiger partial charge in [0.25, 0.3) is 0 Å². The number of amides is 1. The van der Waals surface area contributed by atoms with E-state index >= 15 is 0 Å². The number of aliphatic hydroxyl groups excluding tert-OH is 5. The van der Waals surface area contributed by atoms with Crippen molar-refractivity contribution in [2.24, 2.45) is 0 Å². The first-order valence-electron chi connectivity index (χ1n) is 16.1. The Morgan fingerprint density at radius 3 is 2.17 bits per heavy atom. The molecule has 1 saturated heterocycles. The van der Waals surface area contributed by atoms with Gasteiger partial charge in [0.2, 0.25) is 5.91 Å². The third-order valence-corrected chi connectivity index (χ3v) is 7.74. The molecule has 0 bridgehead atoms. The summed E-state index contributed by atoms with van der Waals surface area (Å²) >= 11 is 0. The molecule has 1 heterocycles. The molecule has 46 heavy (non-hydrogen) atoms. The van der Waals surface area contributed by atoms with Gasteiger partial charge in [-0.2, -0.15) is 8.42 Å². The summed E-state index contributed by atoms with van der Waals surface area (Å²) in [4.78, 5) is 12.8. The second-order valence-corrected chi connectivity index (χ2v) is 12.2. The maximum Gasteiger partial charge on any atom is 0.397 e. The average Bonchev–Trinajstić information content (AvgIpc) is 3.01. The molecule has 1 aliphatic heterocycles. The highest BCUT2D eigenvalue weighted by Gasteiger charge is 2.48. The van der Waals surface area contributed by atoms with E-state index in [9.17, 15) is 38.7 Å². The zero-order valence-electron chi connectivity index (χ0n) is 27.0. The van der Waals surface area contributed by atoms with Crippen LogP contribution < -0.4 is 5.32 Å². The third-order valence-electron chi connectivity index (χ3n) is 7.27. The van der Waals surface area contributed by atoms with Gasteiger partial charge in [-0.25, -0.2) is 4.18 Å². The summed E-state index contributed by atoms with van der Waals surface area (Å²) in [7, 11) is -5.11. The number of aliphatic hydroxyl groups is 5. The molecule has 13 nitrogen and oxygen atoms in total. The summed E-state index contributed by atoms with van der Waals surface area (Å²) in [6.45, 7) is 2.80. The number of carbonyl (C=O) groups excluding carboxylic acids is 1. The fraction of sp³-hybridized carbons (Fsp3) is 0.719. The van der Waals surface area contributed by atoms with E-state index in [1.807, 2.05) is 31.2 Å². The van der Waals surface area contributed by atoms with Crippen molar-refractivity contribution < 1.29 is 57.0 Å². The van der Waals surface area contributed by atoms with Gasteiger partial charge in [-0.05, 0) is 58.3 Å². The van der Waals surface area contributed by atoms with Gasteiger partial charge in [-0.1, -0.05) is 74.8 Å². The quantitative estimate of drug-likeness (QED) is 0.0446. The van der Waals surface area contributed by atoms with Crippen LogP contribution in [0.2, 0.25) is 0 Å². The van der Waals surface area contributed by atoms with Gasteiger partial charge < -0.3 is 40.3 Å².